The van der Waals surface area contributed by atoms with Crippen LogP contribution in [0.25, 0.3) is 0 Å². The maximum atomic E-state index is 14.7. The number of hydrogen-bond acceptors (Lipinski definition) is 6. The van der Waals surface area contributed by atoms with Crippen LogP contribution in [0.15, 0.2) is 36.5 Å². The van der Waals surface area contributed by atoms with Gasteiger partial charge in [-0.15, -0.1) is 0 Å². The van der Waals surface area contributed by atoms with E-state index in [4.69, 9.17) is 9.72 Å². The average molecular weight is 671 g/mol. The third kappa shape index (κ3) is 6.25. The van der Waals surface area contributed by atoms with E-state index in [0.29, 0.717) is 6.54 Å². The van der Waals surface area contributed by atoms with Crippen LogP contribution in [-0.2, 0) is 21.5 Å². The summed E-state index contributed by atoms with van der Waals surface area (Å²) in [6.45, 7) is 6.89. The number of nitrogens with one attached hydrogen (secondary N) is 1. The third-order valence-electron chi connectivity index (χ3n) is 13.1. The van der Waals surface area contributed by atoms with Crippen molar-refractivity contribution < 1.29 is 19.4 Å². The zero-order valence-electron chi connectivity index (χ0n) is 30.6. The molecule has 0 radical (unpaired) electrons. The lowest BCUT2D eigenvalue weighted by Gasteiger charge is -2.57. The number of aliphatic carboxylic acids is 1. The Morgan fingerprint density at radius 1 is 1.02 bits per heavy atom. The van der Waals surface area contributed by atoms with Crippen LogP contribution in [0.4, 0.5) is 5.82 Å². The zero-order chi connectivity index (χ0) is 34.7. The summed E-state index contributed by atoms with van der Waals surface area (Å²) in [4.78, 5) is 36.7. The number of rotatable bonds is 9. The molecule has 6 aliphatic rings. The number of carbonyl (C=O) groups excluding carboxylic acids is 1. The topological polar surface area (TPSA) is 95.0 Å². The summed E-state index contributed by atoms with van der Waals surface area (Å²) in [5.41, 5.74) is 3.28. The van der Waals surface area contributed by atoms with Crippen LogP contribution in [0.1, 0.15) is 114 Å². The number of carboxylic acid groups (broad SMARTS) is 1. The second-order valence-corrected chi connectivity index (χ2v) is 17.6. The van der Waals surface area contributed by atoms with E-state index in [1.54, 1.807) is 18.2 Å². The van der Waals surface area contributed by atoms with Crippen LogP contribution >= 0.6 is 0 Å². The lowest BCUT2D eigenvalue weighted by molar-refractivity contribution is -0.154. The van der Waals surface area contributed by atoms with Gasteiger partial charge in [0.2, 0.25) is 5.91 Å². The summed E-state index contributed by atoms with van der Waals surface area (Å²) in [7, 11) is 5.67. The molecular weight excluding hydrogens is 612 g/mol. The highest BCUT2D eigenvalue weighted by molar-refractivity contribution is 5.87. The Labute approximate surface area is 293 Å². The molecule has 2 heterocycles. The van der Waals surface area contributed by atoms with Gasteiger partial charge < -0.3 is 25.0 Å². The molecule has 5 aliphatic carbocycles. The maximum absolute atomic E-state index is 14.7. The highest BCUT2D eigenvalue weighted by Crippen LogP contribution is 2.61. The van der Waals surface area contributed by atoms with Crippen molar-refractivity contribution in [2.45, 2.75) is 121 Å². The van der Waals surface area contributed by atoms with Crippen molar-refractivity contribution in [3.05, 3.63) is 53.2 Å². The second-order valence-electron chi connectivity index (χ2n) is 17.6. The van der Waals surface area contributed by atoms with Gasteiger partial charge in [-0.2, -0.15) is 0 Å². The predicted molar refractivity (Wildman–Crippen MR) is 193 cm³/mol. The van der Waals surface area contributed by atoms with E-state index >= 15 is 0 Å². The van der Waals surface area contributed by atoms with Gasteiger partial charge in [0.05, 0.1) is 13.2 Å². The van der Waals surface area contributed by atoms with Crippen molar-refractivity contribution in [3.63, 3.8) is 0 Å². The van der Waals surface area contributed by atoms with E-state index in [0.717, 1.165) is 72.6 Å². The minimum atomic E-state index is -0.965. The SMILES string of the molecule is COc1ccc(C23CC4CC(CC(C4)C2)C3)cc1CN[C@H]1[C@H](C(C)(C)C)[C@@H](C(=O)O)N(C(=O)C2CCCCC2)[C@H]1c1cccnc1N(C)C. The van der Waals surface area contributed by atoms with Crippen LogP contribution in [0.5, 0.6) is 5.75 Å². The Bertz CT molecular complexity index is 1510. The Morgan fingerprint density at radius 2 is 1.67 bits per heavy atom. The summed E-state index contributed by atoms with van der Waals surface area (Å²) >= 11 is 0. The van der Waals surface area contributed by atoms with Crippen molar-refractivity contribution in [2.24, 2.45) is 35.0 Å². The first-order chi connectivity index (χ1) is 23.4. The van der Waals surface area contributed by atoms with Gasteiger partial charge in [0, 0.05) is 55.8 Å². The third-order valence-corrected chi connectivity index (χ3v) is 13.1. The second kappa shape index (κ2) is 13.2. The molecule has 266 valence electrons. The molecule has 0 spiro atoms. The Balaban J connectivity index is 1.30. The largest absolute Gasteiger partial charge is 0.496 e. The standard InChI is InChI=1S/C41H58N4O4/c1-40(2,3)33-34(43-24-29-20-30(14-15-32(29)49-6)41-21-25-17-26(22-41)19-27(18-25)23-41)35(31-13-10-16-42-37(31)44(4)5)45(36(33)39(47)48)38(46)28-11-8-7-9-12-28/h10,13-16,20,25-28,33-36,43H,7-9,11-12,17-19,21-24H2,1-6H3,(H,47,48)/t25?,26?,27?,33-,34-,35-,36-,41?/m0/s1. The lowest BCUT2D eigenvalue weighted by Crippen LogP contribution is -2.49. The molecule has 8 rings (SSSR count). The number of methoxy groups -OCH3 is 1. The van der Waals surface area contributed by atoms with Crippen molar-refractivity contribution in [1.82, 2.24) is 15.2 Å². The molecule has 1 aromatic heterocycles. The fraction of sp³-hybridized carbons (Fsp3) is 0.683. The average Bonchev–Trinajstić information content (AvgIpc) is 3.42. The Hall–Kier alpha value is -3.13. The highest BCUT2D eigenvalue weighted by Gasteiger charge is 2.59. The number of carboxylic acids is 1. The first-order valence-electron chi connectivity index (χ1n) is 19.0. The van der Waals surface area contributed by atoms with Gasteiger partial charge in [-0.1, -0.05) is 58.2 Å². The fourth-order valence-corrected chi connectivity index (χ4v) is 11.6. The molecular formula is C41H58N4O4. The fourth-order valence-electron chi connectivity index (χ4n) is 11.6. The minimum absolute atomic E-state index is 0.0226. The summed E-state index contributed by atoms with van der Waals surface area (Å²) in [6, 6.07) is 9.03. The first-order valence-corrected chi connectivity index (χ1v) is 19.0. The van der Waals surface area contributed by atoms with Crippen molar-refractivity contribution >= 4 is 17.7 Å². The number of benzene rings is 1. The first kappa shape index (κ1) is 34.3. The van der Waals surface area contributed by atoms with Crippen LogP contribution in [-0.4, -0.2) is 60.2 Å². The quantitative estimate of drug-likeness (QED) is 0.288. The van der Waals surface area contributed by atoms with E-state index in [9.17, 15) is 14.7 Å². The van der Waals surface area contributed by atoms with Crippen LogP contribution in [0.3, 0.4) is 0 Å². The minimum Gasteiger partial charge on any atom is -0.496 e. The van der Waals surface area contributed by atoms with E-state index in [1.165, 1.54) is 44.1 Å². The number of likely N-dealkylation sites (tertiary alicyclic amines) is 1. The maximum Gasteiger partial charge on any atom is 0.326 e. The highest BCUT2D eigenvalue weighted by atomic mass is 16.5. The molecule has 4 atom stereocenters. The van der Waals surface area contributed by atoms with Crippen molar-refractivity contribution in [2.75, 3.05) is 26.1 Å². The van der Waals surface area contributed by atoms with Crippen molar-refractivity contribution in [1.29, 1.82) is 0 Å². The van der Waals surface area contributed by atoms with Gasteiger partial charge in [-0.05, 0) is 97.6 Å². The molecule has 4 bridgehead atoms. The van der Waals surface area contributed by atoms with Gasteiger partial charge in [0.1, 0.15) is 17.6 Å². The molecule has 6 fully saturated rings. The number of anilines is 1. The van der Waals surface area contributed by atoms with E-state index in [1.807, 2.05) is 31.1 Å². The monoisotopic (exact) mass is 670 g/mol. The summed E-state index contributed by atoms with van der Waals surface area (Å²) in [5, 5.41) is 14.9. The number of carbonyl (C=O) groups is 2. The summed E-state index contributed by atoms with van der Waals surface area (Å²) < 4.78 is 5.97. The number of ether oxygens (including phenoxy) is 1. The Morgan fingerprint density at radius 3 is 2.24 bits per heavy atom. The lowest BCUT2D eigenvalue weighted by atomic mass is 9.48. The van der Waals surface area contributed by atoms with Crippen LogP contribution in [0.2, 0.25) is 0 Å². The van der Waals surface area contributed by atoms with Gasteiger partial charge in [0.25, 0.3) is 0 Å². The summed E-state index contributed by atoms with van der Waals surface area (Å²) in [6.07, 6.45) is 14.7. The molecule has 0 unspecified atom stereocenters. The van der Waals surface area contributed by atoms with E-state index < -0.39 is 23.5 Å². The molecule has 5 saturated carbocycles. The van der Waals surface area contributed by atoms with Crippen LogP contribution < -0.4 is 15.0 Å². The number of hydrogen-bond donors (Lipinski definition) is 2. The summed E-state index contributed by atoms with van der Waals surface area (Å²) in [5.74, 6) is 2.71. The molecule has 1 saturated heterocycles. The van der Waals surface area contributed by atoms with E-state index in [2.05, 4.69) is 44.3 Å². The number of aromatic nitrogens is 1. The molecule has 8 heteroatoms. The molecule has 2 aromatic rings. The number of nitrogens with zero attached hydrogens (tertiary/aromatic N) is 3. The number of pyridine rings is 1. The number of amides is 1. The van der Waals surface area contributed by atoms with E-state index in [-0.39, 0.29) is 29.2 Å². The Kier molecular flexibility index (Phi) is 9.25. The smallest absolute Gasteiger partial charge is 0.326 e. The van der Waals surface area contributed by atoms with Crippen LogP contribution in [0, 0.1) is 35.0 Å². The van der Waals surface area contributed by atoms with Gasteiger partial charge >= 0.3 is 5.97 Å². The molecule has 1 aromatic carbocycles. The molecule has 49 heavy (non-hydrogen) atoms. The molecule has 8 nitrogen and oxygen atoms in total. The van der Waals surface area contributed by atoms with Gasteiger partial charge in [-0.25, -0.2) is 9.78 Å². The molecule has 1 aliphatic heterocycles. The van der Waals surface area contributed by atoms with Crippen molar-refractivity contribution in [3.8, 4) is 5.75 Å². The zero-order valence-corrected chi connectivity index (χ0v) is 30.6. The molecule has 2 N–H and O–H groups in total. The van der Waals surface area contributed by atoms with Gasteiger partial charge in [-0.3, -0.25) is 4.79 Å². The normalized spacial score (nSPS) is 32.8. The molecule has 1 amide bonds. The predicted octanol–water partition coefficient (Wildman–Crippen LogP) is 7.36. The van der Waals surface area contributed by atoms with Gasteiger partial charge in [0.15, 0.2) is 0 Å².